The molecule has 2 aromatic rings. The third-order valence-corrected chi connectivity index (χ3v) is 3.99. The van der Waals surface area contributed by atoms with Gasteiger partial charge in [-0.15, -0.1) is 11.3 Å². The molecule has 0 fully saturated rings. The van der Waals surface area contributed by atoms with Gasteiger partial charge in [-0.05, 0) is 25.3 Å². The van der Waals surface area contributed by atoms with E-state index in [1.165, 1.54) is 0 Å². The fourth-order valence-corrected chi connectivity index (χ4v) is 2.89. The summed E-state index contributed by atoms with van der Waals surface area (Å²) in [5.41, 5.74) is 2.89. The van der Waals surface area contributed by atoms with Gasteiger partial charge in [0.25, 0.3) is 0 Å². The van der Waals surface area contributed by atoms with Gasteiger partial charge in [-0.2, -0.15) is 0 Å². The lowest BCUT2D eigenvalue weighted by molar-refractivity contribution is 0.301. The van der Waals surface area contributed by atoms with Crippen LogP contribution in [0.2, 0.25) is 0 Å². The quantitative estimate of drug-likeness (QED) is 0.690. The summed E-state index contributed by atoms with van der Waals surface area (Å²) in [4.78, 5) is 4.20. The summed E-state index contributed by atoms with van der Waals surface area (Å²) in [6.45, 7) is 0.486. The number of fused-ring (bicyclic) bond motifs is 1. The summed E-state index contributed by atoms with van der Waals surface area (Å²) in [5, 5.41) is 15.3. The van der Waals surface area contributed by atoms with Crippen molar-refractivity contribution in [2.75, 3.05) is 0 Å². The SMILES string of the molecule is ON=C1CCCc2c(OCc3nccs3)cccc21. The van der Waals surface area contributed by atoms with Gasteiger partial charge in [-0.3, -0.25) is 0 Å². The number of benzene rings is 1. The largest absolute Gasteiger partial charge is 0.486 e. The lowest BCUT2D eigenvalue weighted by Gasteiger charge is -2.19. The van der Waals surface area contributed by atoms with Crippen molar-refractivity contribution in [2.24, 2.45) is 5.16 Å². The highest BCUT2D eigenvalue weighted by Gasteiger charge is 2.19. The molecule has 1 heterocycles. The van der Waals surface area contributed by atoms with Gasteiger partial charge in [0.15, 0.2) is 0 Å². The summed E-state index contributed by atoms with van der Waals surface area (Å²) in [6.07, 6.45) is 4.55. The van der Waals surface area contributed by atoms with E-state index in [9.17, 15) is 0 Å². The molecule has 1 aromatic carbocycles. The lowest BCUT2D eigenvalue weighted by Crippen LogP contribution is -2.13. The maximum absolute atomic E-state index is 9.05. The Morgan fingerprint density at radius 3 is 3.11 bits per heavy atom. The molecule has 1 aliphatic carbocycles. The van der Waals surface area contributed by atoms with Crippen LogP contribution >= 0.6 is 11.3 Å². The van der Waals surface area contributed by atoms with Crippen LogP contribution < -0.4 is 4.74 Å². The van der Waals surface area contributed by atoms with Gasteiger partial charge < -0.3 is 9.94 Å². The molecular formula is C14H14N2O2S. The third kappa shape index (κ3) is 2.46. The van der Waals surface area contributed by atoms with Crippen molar-refractivity contribution in [3.63, 3.8) is 0 Å². The molecule has 0 spiro atoms. The maximum atomic E-state index is 9.05. The normalized spacial score (nSPS) is 16.3. The van der Waals surface area contributed by atoms with Crippen LogP contribution in [0.4, 0.5) is 0 Å². The smallest absolute Gasteiger partial charge is 0.140 e. The summed E-state index contributed by atoms with van der Waals surface area (Å²) in [6, 6.07) is 5.89. The topological polar surface area (TPSA) is 54.7 Å². The lowest BCUT2D eigenvalue weighted by atomic mass is 9.89. The average molecular weight is 274 g/mol. The van der Waals surface area contributed by atoms with Gasteiger partial charge in [0.1, 0.15) is 17.4 Å². The molecule has 0 radical (unpaired) electrons. The van der Waals surface area contributed by atoms with Gasteiger partial charge in [0.2, 0.25) is 0 Å². The molecule has 0 saturated heterocycles. The van der Waals surface area contributed by atoms with Crippen molar-refractivity contribution in [2.45, 2.75) is 25.9 Å². The third-order valence-electron chi connectivity index (χ3n) is 3.24. The first-order chi connectivity index (χ1) is 9.38. The molecule has 0 saturated carbocycles. The van der Waals surface area contributed by atoms with Crippen LogP contribution in [0.5, 0.6) is 5.75 Å². The predicted octanol–water partition coefficient (Wildman–Crippen LogP) is 3.24. The first-order valence-electron chi connectivity index (χ1n) is 6.23. The van der Waals surface area contributed by atoms with Gasteiger partial charge >= 0.3 is 0 Å². The number of nitrogens with zero attached hydrogens (tertiary/aromatic N) is 2. The molecular weight excluding hydrogens is 260 g/mol. The predicted molar refractivity (Wildman–Crippen MR) is 74.1 cm³/mol. The van der Waals surface area contributed by atoms with Crippen molar-refractivity contribution in [1.29, 1.82) is 0 Å². The van der Waals surface area contributed by atoms with E-state index in [0.29, 0.717) is 6.61 Å². The second-order valence-electron chi connectivity index (χ2n) is 4.40. The molecule has 0 bridgehead atoms. The Kier molecular flexibility index (Phi) is 3.46. The minimum atomic E-state index is 0.486. The average Bonchev–Trinajstić information content (AvgIpc) is 2.97. The number of hydrogen-bond acceptors (Lipinski definition) is 5. The minimum absolute atomic E-state index is 0.486. The molecule has 1 aromatic heterocycles. The number of rotatable bonds is 3. The monoisotopic (exact) mass is 274 g/mol. The summed E-state index contributed by atoms with van der Waals surface area (Å²) < 4.78 is 5.85. The minimum Gasteiger partial charge on any atom is -0.486 e. The van der Waals surface area contributed by atoms with E-state index in [2.05, 4.69) is 10.1 Å². The second-order valence-corrected chi connectivity index (χ2v) is 5.38. The van der Waals surface area contributed by atoms with E-state index >= 15 is 0 Å². The van der Waals surface area contributed by atoms with Gasteiger partial charge in [0.05, 0.1) is 5.71 Å². The molecule has 0 aliphatic heterocycles. The van der Waals surface area contributed by atoms with Gasteiger partial charge in [-0.25, -0.2) is 4.98 Å². The van der Waals surface area contributed by atoms with Crippen molar-refractivity contribution < 1.29 is 9.94 Å². The van der Waals surface area contributed by atoms with Gasteiger partial charge in [-0.1, -0.05) is 17.3 Å². The molecule has 4 nitrogen and oxygen atoms in total. The zero-order valence-electron chi connectivity index (χ0n) is 10.4. The van der Waals surface area contributed by atoms with Crippen molar-refractivity contribution in [3.05, 3.63) is 45.9 Å². The Morgan fingerprint density at radius 1 is 1.37 bits per heavy atom. The van der Waals surface area contributed by atoms with Crippen molar-refractivity contribution >= 4 is 17.0 Å². The van der Waals surface area contributed by atoms with E-state index in [1.807, 2.05) is 23.6 Å². The molecule has 0 unspecified atom stereocenters. The number of hydrogen-bond donors (Lipinski definition) is 1. The van der Waals surface area contributed by atoms with Crippen LogP contribution in [0.25, 0.3) is 0 Å². The van der Waals surface area contributed by atoms with Crippen LogP contribution in [0.3, 0.4) is 0 Å². The Balaban J connectivity index is 1.86. The maximum Gasteiger partial charge on any atom is 0.140 e. The second kappa shape index (κ2) is 5.40. The van der Waals surface area contributed by atoms with Crippen LogP contribution in [-0.2, 0) is 13.0 Å². The molecule has 0 amide bonds. The number of ether oxygens (including phenoxy) is 1. The van der Waals surface area contributed by atoms with Crippen molar-refractivity contribution in [3.8, 4) is 5.75 Å². The molecule has 98 valence electrons. The van der Waals surface area contributed by atoms with Gasteiger partial charge in [0, 0.05) is 22.7 Å². The summed E-state index contributed by atoms with van der Waals surface area (Å²) in [7, 11) is 0. The molecule has 1 aliphatic rings. The molecule has 5 heteroatoms. The Labute approximate surface area is 115 Å². The molecule has 3 rings (SSSR count). The Hall–Kier alpha value is -1.88. The van der Waals surface area contributed by atoms with Crippen LogP contribution in [0, 0.1) is 0 Å². The fourth-order valence-electron chi connectivity index (χ4n) is 2.36. The zero-order chi connectivity index (χ0) is 13.1. The Morgan fingerprint density at radius 2 is 2.32 bits per heavy atom. The molecule has 1 N–H and O–H groups in total. The summed E-state index contributed by atoms with van der Waals surface area (Å²) >= 11 is 1.58. The van der Waals surface area contributed by atoms with Crippen LogP contribution in [0.15, 0.2) is 34.9 Å². The standard InChI is InChI=1S/C14H14N2O2S/c17-16-12-5-1-4-11-10(12)3-2-6-13(11)18-9-14-15-7-8-19-14/h2-3,6-8,17H,1,4-5,9H2. The zero-order valence-corrected chi connectivity index (χ0v) is 11.2. The first-order valence-corrected chi connectivity index (χ1v) is 7.11. The highest BCUT2D eigenvalue weighted by atomic mass is 32.1. The van der Waals surface area contributed by atoms with E-state index in [1.54, 1.807) is 17.5 Å². The Bertz CT molecular complexity index is 593. The highest BCUT2D eigenvalue weighted by Crippen LogP contribution is 2.30. The number of oxime groups is 1. The number of aromatic nitrogens is 1. The van der Waals surface area contributed by atoms with E-state index < -0.39 is 0 Å². The van der Waals surface area contributed by atoms with E-state index in [4.69, 9.17) is 9.94 Å². The first kappa shape index (κ1) is 12.2. The number of thiazole rings is 1. The van der Waals surface area contributed by atoms with Crippen molar-refractivity contribution in [1.82, 2.24) is 4.98 Å². The van der Waals surface area contributed by atoms with E-state index in [-0.39, 0.29) is 0 Å². The van der Waals surface area contributed by atoms with Crippen LogP contribution in [-0.4, -0.2) is 15.9 Å². The molecule has 19 heavy (non-hydrogen) atoms. The van der Waals surface area contributed by atoms with Crippen LogP contribution in [0.1, 0.15) is 29.0 Å². The highest BCUT2D eigenvalue weighted by molar-refractivity contribution is 7.09. The van der Waals surface area contributed by atoms with E-state index in [0.717, 1.165) is 46.9 Å². The fraction of sp³-hybridized carbons (Fsp3) is 0.286. The molecule has 0 atom stereocenters. The summed E-state index contributed by atoms with van der Waals surface area (Å²) in [5.74, 6) is 0.869.